The maximum atomic E-state index is 9.74. The highest BCUT2D eigenvalue weighted by Crippen LogP contribution is 2.30. The van der Waals surface area contributed by atoms with E-state index in [-0.39, 0.29) is 12.1 Å². The van der Waals surface area contributed by atoms with E-state index in [1.165, 1.54) is 0 Å². The van der Waals surface area contributed by atoms with Crippen LogP contribution in [0.4, 0.5) is 0 Å². The molecule has 0 aromatic heterocycles. The Morgan fingerprint density at radius 2 is 2.21 bits per heavy atom. The lowest BCUT2D eigenvalue weighted by molar-refractivity contribution is 0.158. The van der Waals surface area contributed by atoms with Crippen LogP contribution in [-0.2, 0) is 0 Å². The second kappa shape index (κ2) is 3.98. The number of benzene rings is 1. The van der Waals surface area contributed by atoms with Gasteiger partial charge in [-0.15, -0.1) is 0 Å². The summed E-state index contributed by atoms with van der Waals surface area (Å²) >= 11 is 0. The minimum absolute atomic E-state index is 0.0196. The fourth-order valence-electron chi connectivity index (χ4n) is 1.93. The van der Waals surface area contributed by atoms with Crippen LogP contribution in [0.15, 0.2) is 24.3 Å². The fraction of sp³-hybridized carbons (Fsp3) is 0.455. The molecule has 1 fully saturated rings. The molecule has 0 bridgehead atoms. The summed E-state index contributed by atoms with van der Waals surface area (Å²) in [5, 5.41) is 13.0. The number of ether oxygens (including phenoxy) is 1. The van der Waals surface area contributed by atoms with Gasteiger partial charge < -0.3 is 15.2 Å². The molecule has 2 N–H and O–H groups in total. The Labute approximate surface area is 83.7 Å². The van der Waals surface area contributed by atoms with Crippen LogP contribution in [0, 0.1) is 0 Å². The number of para-hydroxylation sites is 1. The van der Waals surface area contributed by atoms with Crippen LogP contribution in [-0.4, -0.2) is 24.9 Å². The van der Waals surface area contributed by atoms with E-state index in [9.17, 15) is 5.11 Å². The molecule has 0 saturated carbocycles. The van der Waals surface area contributed by atoms with Gasteiger partial charge >= 0.3 is 0 Å². The van der Waals surface area contributed by atoms with E-state index in [1.807, 2.05) is 24.3 Å². The van der Waals surface area contributed by atoms with Gasteiger partial charge in [0, 0.05) is 5.56 Å². The van der Waals surface area contributed by atoms with Crippen molar-refractivity contribution in [3.8, 4) is 5.75 Å². The molecule has 1 aromatic carbocycles. The molecule has 1 aromatic rings. The van der Waals surface area contributed by atoms with Crippen LogP contribution in [0.2, 0.25) is 0 Å². The number of aliphatic hydroxyl groups is 1. The number of hydrogen-bond donors (Lipinski definition) is 2. The van der Waals surface area contributed by atoms with Crippen molar-refractivity contribution in [1.29, 1.82) is 0 Å². The second-order valence-corrected chi connectivity index (χ2v) is 3.53. The minimum Gasteiger partial charge on any atom is -0.496 e. The summed E-state index contributed by atoms with van der Waals surface area (Å²) in [6.07, 6.45) is 0.509. The Morgan fingerprint density at radius 3 is 2.86 bits per heavy atom. The quantitative estimate of drug-likeness (QED) is 0.738. The van der Waals surface area contributed by atoms with E-state index in [1.54, 1.807) is 7.11 Å². The monoisotopic (exact) mass is 193 g/mol. The van der Waals surface area contributed by atoms with Gasteiger partial charge in [-0.2, -0.15) is 0 Å². The molecule has 76 valence electrons. The second-order valence-electron chi connectivity index (χ2n) is 3.53. The van der Waals surface area contributed by atoms with Gasteiger partial charge in [-0.3, -0.25) is 0 Å². The van der Waals surface area contributed by atoms with E-state index in [0.29, 0.717) is 0 Å². The van der Waals surface area contributed by atoms with Crippen molar-refractivity contribution in [3.05, 3.63) is 29.8 Å². The van der Waals surface area contributed by atoms with Gasteiger partial charge in [-0.05, 0) is 19.0 Å². The van der Waals surface area contributed by atoms with E-state index in [4.69, 9.17) is 4.74 Å². The zero-order chi connectivity index (χ0) is 9.97. The highest BCUT2D eigenvalue weighted by Gasteiger charge is 2.27. The van der Waals surface area contributed by atoms with Crippen LogP contribution < -0.4 is 10.1 Å². The molecule has 1 saturated heterocycles. The van der Waals surface area contributed by atoms with Crippen molar-refractivity contribution in [3.63, 3.8) is 0 Å². The average Bonchev–Trinajstić information content (AvgIpc) is 2.64. The first-order valence-corrected chi connectivity index (χ1v) is 4.87. The number of nitrogens with one attached hydrogen (secondary N) is 1. The third-order valence-corrected chi connectivity index (χ3v) is 2.66. The van der Waals surface area contributed by atoms with E-state index < -0.39 is 0 Å². The summed E-state index contributed by atoms with van der Waals surface area (Å²) in [7, 11) is 1.65. The summed E-state index contributed by atoms with van der Waals surface area (Å²) in [6, 6.07) is 7.83. The minimum atomic E-state index is -0.300. The zero-order valence-electron chi connectivity index (χ0n) is 8.23. The number of hydrogen-bond acceptors (Lipinski definition) is 3. The summed E-state index contributed by atoms with van der Waals surface area (Å²) in [4.78, 5) is 0. The molecule has 14 heavy (non-hydrogen) atoms. The maximum Gasteiger partial charge on any atom is 0.123 e. The lowest BCUT2D eigenvalue weighted by Crippen LogP contribution is -2.21. The molecule has 2 rings (SSSR count). The van der Waals surface area contributed by atoms with E-state index in [0.717, 1.165) is 24.3 Å². The maximum absolute atomic E-state index is 9.74. The van der Waals surface area contributed by atoms with Gasteiger partial charge in [-0.25, -0.2) is 0 Å². The smallest absolute Gasteiger partial charge is 0.123 e. The van der Waals surface area contributed by atoms with Crippen molar-refractivity contribution < 1.29 is 9.84 Å². The lowest BCUT2D eigenvalue weighted by atomic mass is 10.0. The fourth-order valence-corrected chi connectivity index (χ4v) is 1.93. The molecule has 0 radical (unpaired) electrons. The number of aliphatic hydroxyl groups excluding tert-OH is 1. The SMILES string of the molecule is COc1ccccc1C1NCCC1O. The van der Waals surface area contributed by atoms with Crippen LogP contribution in [0.5, 0.6) is 5.75 Å². The van der Waals surface area contributed by atoms with Crippen LogP contribution in [0.1, 0.15) is 18.0 Å². The lowest BCUT2D eigenvalue weighted by Gasteiger charge is -2.17. The average molecular weight is 193 g/mol. The predicted octanol–water partition coefficient (Wildman–Crippen LogP) is 1.09. The first-order valence-electron chi connectivity index (χ1n) is 4.87. The highest BCUT2D eigenvalue weighted by atomic mass is 16.5. The first kappa shape index (κ1) is 9.49. The van der Waals surface area contributed by atoms with Gasteiger partial charge in [0.1, 0.15) is 5.75 Å². The summed E-state index contributed by atoms with van der Waals surface area (Å²) in [6.45, 7) is 0.865. The van der Waals surface area contributed by atoms with Gasteiger partial charge in [0.05, 0.1) is 19.3 Å². The van der Waals surface area contributed by atoms with Crippen LogP contribution in [0.3, 0.4) is 0 Å². The van der Waals surface area contributed by atoms with Crippen LogP contribution >= 0.6 is 0 Å². The molecular formula is C11H15NO2. The van der Waals surface area contributed by atoms with Gasteiger partial charge in [0.15, 0.2) is 0 Å². The Bertz CT molecular complexity index is 314. The Morgan fingerprint density at radius 1 is 1.43 bits per heavy atom. The molecule has 3 heteroatoms. The van der Waals surface area contributed by atoms with Crippen LogP contribution in [0.25, 0.3) is 0 Å². The molecule has 1 aliphatic rings. The molecule has 3 nitrogen and oxygen atoms in total. The molecule has 1 heterocycles. The predicted molar refractivity (Wildman–Crippen MR) is 54.4 cm³/mol. The first-order chi connectivity index (χ1) is 6.83. The Kier molecular flexibility index (Phi) is 2.70. The van der Waals surface area contributed by atoms with Crippen molar-refractivity contribution in [1.82, 2.24) is 5.32 Å². The van der Waals surface area contributed by atoms with Crippen molar-refractivity contribution in [2.24, 2.45) is 0 Å². The molecule has 0 spiro atoms. The summed E-state index contributed by atoms with van der Waals surface area (Å²) < 4.78 is 5.25. The Balaban J connectivity index is 2.30. The van der Waals surface area contributed by atoms with E-state index in [2.05, 4.69) is 5.32 Å². The topological polar surface area (TPSA) is 41.5 Å². The highest BCUT2D eigenvalue weighted by molar-refractivity contribution is 5.37. The standard InChI is InChI=1S/C11H15NO2/c1-14-10-5-3-2-4-8(10)11-9(13)6-7-12-11/h2-5,9,11-13H,6-7H2,1H3. The summed E-state index contributed by atoms with van der Waals surface area (Å²) in [5.74, 6) is 0.839. The normalized spacial score (nSPS) is 26.4. The third kappa shape index (κ3) is 1.61. The van der Waals surface area contributed by atoms with E-state index >= 15 is 0 Å². The molecule has 2 atom stereocenters. The third-order valence-electron chi connectivity index (χ3n) is 2.66. The molecule has 1 aliphatic heterocycles. The van der Waals surface area contributed by atoms with Crippen molar-refractivity contribution >= 4 is 0 Å². The molecule has 2 unspecified atom stereocenters. The number of methoxy groups -OCH3 is 1. The molecule has 0 amide bonds. The van der Waals surface area contributed by atoms with Crippen molar-refractivity contribution in [2.45, 2.75) is 18.6 Å². The largest absolute Gasteiger partial charge is 0.496 e. The molecular weight excluding hydrogens is 178 g/mol. The van der Waals surface area contributed by atoms with Gasteiger partial charge in [0.2, 0.25) is 0 Å². The van der Waals surface area contributed by atoms with Crippen molar-refractivity contribution in [2.75, 3.05) is 13.7 Å². The number of rotatable bonds is 2. The van der Waals surface area contributed by atoms with Gasteiger partial charge in [0.25, 0.3) is 0 Å². The molecule has 0 aliphatic carbocycles. The summed E-state index contributed by atoms with van der Waals surface area (Å²) in [5.41, 5.74) is 1.04. The van der Waals surface area contributed by atoms with Gasteiger partial charge in [-0.1, -0.05) is 18.2 Å². The Hall–Kier alpha value is -1.06. The zero-order valence-corrected chi connectivity index (χ0v) is 8.23.